The van der Waals surface area contributed by atoms with E-state index < -0.39 is 12.0 Å². The predicted octanol–water partition coefficient (Wildman–Crippen LogP) is 4.29. The largest absolute Gasteiger partial charge is 0.489 e. The van der Waals surface area contributed by atoms with Crippen LogP contribution in [0.1, 0.15) is 5.56 Å². The fourth-order valence-corrected chi connectivity index (χ4v) is 3.69. The van der Waals surface area contributed by atoms with Crippen LogP contribution in [0.25, 0.3) is 11.3 Å². The monoisotopic (exact) mass is 484 g/mol. The van der Waals surface area contributed by atoms with Crippen LogP contribution in [0.5, 0.6) is 5.75 Å². The van der Waals surface area contributed by atoms with Gasteiger partial charge >= 0.3 is 5.97 Å². The second-order valence-electron chi connectivity index (χ2n) is 7.98. The molecule has 0 aliphatic heterocycles. The van der Waals surface area contributed by atoms with Crippen molar-refractivity contribution in [3.63, 3.8) is 0 Å². The third-order valence-electron chi connectivity index (χ3n) is 5.47. The minimum Gasteiger partial charge on any atom is -0.489 e. The Morgan fingerprint density at radius 1 is 0.944 bits per heavy atom. The van der Waals surface area contributed by atoms with E-state index in [1.165, 1.54) is 6.33 Å². The van der Waals surface area contributed by atoms with E-state index >= 15 is 0 Å². The van der Waals surface area contributed by atoms with E-state index in [1.54, 1.807) is 11.0 Å². The minimum absolute atomic E-state index is 0.0474. The summed E-state index contributed by atoms with van der Waals surface area (Å²) in [5.41, 5.74) is 8.79. The Morgan fingerprint density at radius 3 is 2.31 bits per heavy atom. The summed E-state index contributed by atoms with van der Waals surface area (Å²) in [7, 11) is 0. The van der Waals surface area contributed by atoms with Gasteiger partial charge in [0.15, 0.2) is 6.04 Å². The molecule has 0 unspecified atom stereocenters. The lowest BCUT2D eigenvalue weighted by molar-refractivity contribution is -0.139. The number of aromatic nitrogens is 2. The summed E-state index contributed by atoms with van der Waals surface area (Å²) in [6.07, 6.45) is 1.43. The molecular formula is C28H28N4O4. The van der Waals surface area contributed by atoms with Crippen molar-refractivity contribution in [1.29, 1.82) is 0 Å². The summed E-state index contributed by atoms with van der Waals surface area (Å²) >= 11 is 0. The smallest absolute Gasteiger partial charge is 0.329 e. The van der Waals surface area contributed by atoms with Gasteiger partial charge in [-0.15, -0.1) is 0 Å². The lowest BCUT2D eigenvalue weighted by Gasteiger charge is -2.30. The maximum absolute atomic E-state index is 12.2. The van der Waals surface area contributed by atoms with Gasteiger partial charge in [0.25, 0.3) is 0 Å². The zero-order valence-electron chi connectivity index (χ0n) is 19.7. The molecule has 3 aromatic carbocycles. The summed E-state index contributed by atoms with van der Waals surface area (Å²) < 4.78 is 11.4. The quantitative estimate of drug-likeness (QED) is 0.287. The van der Waals surface area contributed by atoms with E-state index in [0.29, 0.717) is 30.4 Å². The molecule has 4 aromatic rings. The third-order valence-corrected chi connectivity index (χ3v) is 5.47. The van der Waals surface area contributed by atoms with Crippen molar-refractivity contribution in [2.75, 3.05) is 24.7 Å². The number of anilines is 2. The number of ether oxygens (including phenoxy) is 2. The molecule has 0 amide bonds. The van der Waals surface area contributed by atoms with Crippen LogP contribution in [0.4, 0.5) is 11.5 Å². The first kappa shape index (κ1) is 24.8. The first-order chi connectivity index (χ1) is 17.7. The van der Waals surface area contributed by atoms with Gasteiger partial charge in [-0.05, 0) is 42.0 Å². The average molecular weight is 485 g/mol. The molecule has 0 saturated carbocycles. The molecule has 4 rings (SSSR count). The lowest BCUT2D eigenvalue weighted by Crippen LogP contribution is -2.42. The van der Waals surface area contributed by atoms with E-state index in [1.807, 2.05) is 84.9 Å². The van der Waals surface area contributed by atoms with Crippen LogP contribution in [0.15, 0.2) is 97.3 Å². The summed E-state index contributed by atoms with van der Waals surface area (Å²) in [5, 5.41) is 10.0. The Kier molecular flexibility index (Phi) is 8.58. The van der Waals surface area contributed by atoms with E-state index in [0.717, 1.165) is 16.9 Å². The van der Waals surface area contributed by atoms with Gasteiger partial charge in [-0.2, -0.15) is 0 Å². The number of para-hydroxylation sites is 1. The molecule has 1 heterocycles. The molecule has 0 bridgehead atoms. The number of carboxylic acids is 1. The van der Waals surface area contributed by atoms with Gasteiger partial charge in [0.1, 0.15) is 24.5 Å². The highest BCUT2D eigenvalue weighted by molar-refractivity contribution is 5.82. The summed E-state index contributed by atoms with van der Waals surface area (Å²) in [4.78, 5) is 22.7. The van der Waals surface area contributed by atoms with Crippen LogP contribution in [-0.2, 0) is 16.1 Å². The molecule has 0 saturated heterocycles. The fraction of sp³-hybridized carbons (Fsp3) is 0.179. The Bertz CT molecular complexity index is 1240. The third kappa shape index (κ3) is 6.44. The van der Waals surface area contributed by atoms with Crippen molar-refractivity contribution in [3.05, 3.63) is 103 Å². The number of nitrogens with two attached hydrogens (primary N) is 1. The van der Waals surface area contributed by atoms with Gasteiger partial charge in [-0.1, -0.05) is 48.5 Å². The van der Waals surface area contributed by atoms with Crippen molar-refractivity contribution in [2.24, 2.45) is 5.73 Å². The molecule has 0 radical (unpaired) electrons. The summed E-state index contributed by atoms with van der Waals surface area (Å²) in [6.45, 7) is 1.00. The molecule has 8 heteroatoms. The fourth-order valence-electron chi connectivity index (χ4n) is 3.69. The summed E-state index contributed by atoms with van der Waals surface area (Å²) in [5.74, 6) is 0.154. The van der Waals surface area contributed by atoms with Crippen molar-refractivity contribution in [2.45, 2.75) is 12.6 Å². The number of hydrogen-bond acceptors (Lipinski definition) is 7. The topological polar surface area (TPSA) is 111 Å². The Balaban J connectivity index is 1.58. The predicted molar refractivity (Wildman–Crippen MR) is 138 cm³/mol. The molecule has 184 valence electrons. The van der Waals surface area contributed by atoms with Crippen LogP contribution < -0.4 is 15.4 Å². The number of benzene rings is 3. The van der Waals surface area contributed by atoms with Gasteiger partial charge in [0, 0.05) is 23.9 Å². The van der Waals surface area contributed by atoms with Gasteiger partial charge in [-0.25, -0.2) is 14.8 Å². The number of carboxylic acid groups (broad SMARTS) is 1. The van der Waals surface area contributed by atoms with Crippen LogP contribution >= 0.6 is 0 Å². The SMILES string of the molecule is NCCOC[C@@H](C(=O)O)N(c1ccccc1)c1cc(-c2ccc(OCc3ccccc3)cc2)ncn1. The highest BCUT2D eigenvalue weighted by atomic mass is 16.5. The number of nitrogens with zero attached hydrogens (tertiary/aromatic N) is 3. The van der Waals surface area contributed by atoms with Crippen molar-refractivity contribution in [1.82, 2.24) is 9.97 Å². The van der Waals surface area contributed by atoms with E-state index in [4.69, 9.17) is 15.2 Å². The van der Waals surface area contributed by atoms with E-state index in [2.05, 4.69) is 9.97 Å². The van der Waals surface area contributed by atoms with Gasteiger partial charge < -0.3 is 25.2 Å². The molecule has 0 aliphatic carbocycles. The molecule has 1 atom stereocenters. The normalized spacial score (nSPS) is 11.6. The molecular weight excluding hydrogens is 456 g/mol. The number of aliphatic carboxylic acids is 1. The highest BCUT2D eigenvalue weighted by Gasteiger charge is 2.29. The molecule has 0 fully saturated rings. The van der Waals surface area contributed by atoms with Crippen LogP contribution in [0.3, 0.4) is 0 Å². The van der Waals surface area contributed by atoms with Crippen LogP contribution in [-0.4, -0.2) is 46.8 Å². The van der Waals surface area contributed by atoms with E-state index in [-0.39, 0.29) is 13.2 Å². The average Bonchev–Trinajstić information content (AvgIpc) is 2.93. The van der Waals surface area contributed by atoms with Crippen molar-refractivity contribution >= 4 is 17.5 Å². The minimum atomic E-state index is -1.03. The Labute approximate surface area is 210 Å². The van der Waals surface area contributed by atoms with Gasteiger partial charge in [0.05, 0.1) is 18.9 Å². The zero-order chi connectivity index (χ0) is 25.2. The number of hydrogen-bond donors (Lipinski definition) is 2. The maximum Gasteiger partial charge on any atom is 0.329 e. The Hall–Kier alpha value is -4.27. The molecule has 36 heavy (non-hydrogen) atoms. The summed E-state index contributed by atoms with van der Waals surface area (Å²) in [6, 6.07) is 27.5. The second kappa shape index (κ2) is 12.4. The Morgan fingerprint density at radius 2 is 1.64 bits per heavy atom. The van der Waals surface area contributed by atoms with Gasteiger partial charge in [0.2, 0.25) is 0 Å². The van der Waals surface area contributed by atoms with E-state index in [9.17, 15) is 9.90 Å². The van der Waals surface area contributed by atoms with Gasteiger partial charge in [-0.3, -0.25) is 0 Å². The maximum atomic E-state index is 12.2. The van der Waals surface area contributed by atoms with Crippen LogP contribution in [0.2, 0.25) is 0 Å². The van der Waals surface area contributed by atoms with Crippen LogP contribution in [0, 0.1) is 0 Å². The second-order valence-corrected chi connectivity index (χ2v) is 7.98. The molecule has 0 spiro atoms. The standard InChI is InChI=1S/C28H28N4O4/c29-15-16-35-19-26(28(33)34)32(23-9-5-2-6-10-23)27-17-25(30-20-31-27)22-11-13-24(14-12-22)36-18-21-7-3-1-4-8-21/h1-14,17,20,26H,15-16,18-19,29H2,(H,33,34)/t26-/m0/s1. The number of rotatable bonds is 12. The van der Waals surface area contributed by atoms with Crippen molar-refractivity contribution in [3.8, 4) is 17.0 Å². The lowest BCUT2D eigenvalue weighted by atomic mass is 10.1. The van der Waals surface area contributed by atoms with Crippen molar-refractivity contribution < 1.29 is 19.4 Å². The highest BCUT2D eigenvalue weighted by Crippen LogP contribution is 2.30. The molecule has 3 N–H and O–H groups in total. The number of carbonyl (C=O) groups is 1. The molecule has 8 nitrogen and oxygen atoms in total. The zero-order valence-corrected chi connectivity index (χ0v) is 19.7. The first-order valence-electron chi connectivity index (χ1n) is 11.6. The first-order valence-corrected chi connectivity index (χ1v) is 11.6. The molecule has 0 aliphatic rings. The molecule has 1 aromatic heterocycles.